The normalized spacial score (nSPS) is 15.6. The second-order valence-electron chi connectivity index (χ2n) is 8.53. The van der Waals surface area contributed by atoms with E-state index in [0.29, 0.717) is 25.1 Å². The van der Waals surface area contributed by atoms with Crippen molar-refractivity contribution in [3.8, 4) is 0 Å². The van der Waals surface area contributed by atoms with Crippen LogP contribution >= 0.6 is 0 Å². The zero-order valence-electron chi connectivity index (χ0n) is 19.8. The van der Waals surface area contributed by atoms with Crippen molar-refractivity contribution < 1.29 is 29.4 Å². The highest BCUT2D eigenvalue weighted by molar-refractivity contribution is 5.94. The summed E-state index contributed by atoms with van der Waals surface area (Å²) in [7, 11) is 0. The number of carboxylic acids is 1. The number of carbonyl (C=O) groups excluding carboxylic acids is 3. The van der Waals surface area contributed by atoms with Gasteiger partial charge in [-0.1, -0.05) is 13.8 Å². The third-order valence-corrected chi connectivity index (χ3v) is 5.20. The van der Waals surface area contributed by atoms with Crippen LogP contribution in [0.2, 0.25) is 0 Å². The maximum atomic E-state index is 13.0. The highest BCUT2D eigenvalue weighted by atomic mass is 16.4. The highest BCUT2D eigenvalue weighted by Crippen LogP contribution is 2.08. The molecule has 34 heavy (non-hydrogen) atoms. The second-order valence-corrected chi connectivity index (χ2v) is 8.53. The van der Waals surface area contributed by atoms with Gasteiger partial charge in [-0.05, 0) is 38.6 Å². The Morgan fingerprint density at radius 3 is 2.18 bits per heavy atom. The Balaban J connectivity index is 2.90. The number of nitrogens with one attached hydrogen (secondary N) is 4. The number of aliphatic hydroxyl groups excluding tert-OH is 1. The fraction of sp³-hybridized carbons (Fsp3) is 0.667. The first-order valence-corrected chi connectivity index (χ1v) is 11.2. The molecule has 0 bridgehead atoms. The Bertz CT molecular complexity index is 800. The number of carbonyl (C=O) groups is 4. The summed E-state index contributed by atoms with van der Waals surface area (Å²) in [5.74, 6) is -3.67. The summed E-state index contributed by atoms with van der Waals surface area (Å²) in [6, 6.07) is -4.54. The molecule has 0 aliphatic heterocycles. The fourth-order valence-corrected chi connectivity index (χ4v) is 3.19. The van der Waals surface area contributed by atoms with E-state index < -0.39 is 54.0 Å². The third-order valence-electron chi connectivity index (χ3n) is 5.20. The number of aromatic nitrogens is 2. The van der Waals surface area contributed by atoms with E-state index in [0.717, 1.165) is 0 Å². The van der Waals surface area contributed by atoms with Gasteiger partial charge in [0.15, 0.2) is 6.04 Å². The Kier molecular flexibility index (Phi) is 12.2. The summed E-state index contributed by atoms with van der Waals surface area (Å²) in [5.41, 5.74) is 12.1. The topological polar surface area (TPSA) is 226 Å². The van der Waals surface area contributed by atoms with Gasteiger partial charge in [-0.3, -0.25) is 14.4 Å². The summed E-state index contributed by atoms with van der Waals surface area (Å²) in [6.45, 7) is 5.06. The highest BCUT2D eigenvalue weighted by Gasteiger charge is 2.32. The lowest BCUT2D eigenvalue weighted by Crippen LogP contribution is -2.59. The number of carboxylic acid groups (broad SMARTS) is 1. The lowest BCUT2D eigenvalue weighted by atomic mass is 10.0. The predicted molar refractivity (Wildman–Crippen MR) is 123 cm³/mol. The van der Waals surface area contributed by atoms with E-state index in [-0.39, 0.29) is 18.8 Å². The van der Waals surface area contributed by atoms with E-state index in [4.69, 9.17) is 11.5 Å². The van der Waals surface area contributed by atoms with Crippen molar-refractivity contribution in [2.24, 2.45) is 17.4 Å². The zero-order chi connectivity index (χ0) is 25.8. The molecule has 10 N–H and O–H groups in total. The van der Waals surface area contributed by atoms with E-state index in [1.54, 1.807) is 20.0 Å². The summed E-state index contributed by atoms with van der Waals surface area (Å²) < 4.78 is 0. The number of imidazole rings is 1. The minimum absolute atomic E-state index is 0.193. The molecule has 1 aromatic rings. The molecule has 0 aliphatic rings. The molecule has 0 radical (unpaired) electrons. The Morgan fingerprint density at radius 2 is 1.68 bits per heavy atom. The van der Waals surface area contributed by atoms with Gasteiger partial charge in [-0.15, -0.1) is 0 Å². The number of nitrogens with zero attached hydrogens (tertiary/aromatic N) is 1. The van der Waals surface area contributed by atoms with Crippen LogP contribution in [-0.4, -0.2) is 80.7 Å². The first kappa shape index (κ1) is 29.0. The van der Waals surface area contributed by atoms with Gasteiger partial charge >= 0.3 is 5.97 Å². The third kappa shape index (κ3) is 9.45. The minimum Gasteiger partial charge on any atom is -0.480 e. The second kappa shape index (κ2) is 14.3. The van der Waals surface area contributed by atoms with Gasteiger partial charge in [0.05, 0.1) is 18.5 Å². The largest absolute Gasteiger partial charge is 0.480 e. The molecule has 3 amide bonds. The molecule has 0 aromatic carbocycles. The van der Waals surface area contributed by atoms with Gasteiger partial charge in [0.25, 0.3) is 0 Å². The van der Waals surface area contributed by atoms with Crippen molar-refractivity contribution in [3.63, 3.8) is 0 Å². The molecule has 13 nitrogen and oxygen atoms in total. The molecular weight excluding hydrogens is 446 g/mol. The van der Waals surface area contributed by atoms with Gasteiger partial charge in [0.1, 0.15) is 12.1 Å². The molecule has 0 saturated heterocycles. The van der Waals surface area contributed by atoms with E-state index in [1.807, 2.05) is 0 Å². The number of aliphatic carboxylic acids is 1. The van der Waals surface area contributed by atoms with Crippen molar-refractivity contribution in [3.05, 3.63) is 18.2 Å². The maximum absolute atomic E-state index is 13.0. The number of nitrogens with two attached hydrogens (primary N) is 2. The minimum atomic E-state index is -1.54. The van der Waals surface area contributed by atoms with Crippen LogP contribution in [0, 0.1) is 5.92 Å². The van der Waals surface area contributed by atoms with Gasteiger partial charge in [0, 0.05) is 18.3 Å². The predicted octanol–water partition coefficient (Wildman–Crippen LogP) is -2.02. The van der Waals surface area contributed by atoms with Crippen LogP contribution in [0.4, 0.5) is 0 Å². The summed E-state index contributed by atoms with van der Waals surface area (Å²) in [5, 5.41) is 26.3. The molecule has 1 aromatic heterocycles. The molecule has 13 heteroatoms. The van der Waals surface area contributed by atoms with Gasteiger partial charge in [0.2, 0.25) is 17.7 Å². The molecule has 5 unspecified atom stereocenters. The van der Waals surface area contributed by atoms with Gasteiger partial charge in [-0.2, -0.15) is 0 Å². The van der Waals surface area contributed by atoms with Crippen LogP contribution in [0.1, 0.15) is 45.7 Å². The first-order valence-electron chi connectivity index (χ1n) is 11.2. The molecule has 0 fully saturated rings. The van der Waals surface area contributed by atoms with Crippen LogP contribution in [0.5, 0.6) is 0 Å². The zero-order valence-corrected chi connectivity index (χ0v) is 19.8. The van der Waals surface area contributed by atoms with E-state index in [9.17, 15) is 29.4 Å². The van der Waals surface area contributed by atoms with Crippen molar-refractivity contribution in [2.75, 3.05) is 6.54 Å². The summed E-state index contributed by atoms with van der Waals surface area (Å²) in [4.78, 5) is 56.4. The van der Waals surface area contributed by atoms with Crippen LogP contribution in [0.15, 0.2) is 12.5 Å². The Labute approximate surface area is 198 Å². The maximum Gasteiger partial charge on any atom is 0.328 e. The number of hydrogen-bond donors (Lipinski definition) is 8. The molecule has 1 rings (SSSR count). The van der Waals surface area contributed by atoms with E-state index >= 15 is 0 Å². The number of aliphatic hydroxyl groups is 1. The number of H-pyrrole nitrogens is 1. The van der Waals surface area contributed by atoms with E-state index in [2.05, 4.69) is 25.9 Å². The molecule has 0 spiro atoms. The van der Waals surface area contributed by atoms with Crippen molar-refractivity contribution in [2.45, 2.75) is 76.7 Å². The lowest BCUT2D eigenvalue weighted by Gasteiger charge is -2.27. The average Bonchev–Trinajstić information content (AvgIpc) is 3.26. The number of rotatable bonds is 15. The Hall–Kier alpha value is -3.03. The average molecular weight is 484 g/mol. The number of amides is 3. The SMILES string of the molecule is CC(C)C(NC(=O)C(N)Cc1cnc[nH]1)C(=O)NC(CCCCN)C(=O)NC(C(=O)O)C(C)O. The monoisotopic (exact) mass is 483 g/mol. The van der Waals surface area contributed by atoms with Crippen LogP contribution in [0.3, 0.4) is 0 Å². The van der Waals surface area contributed by atoms with Gasteiger partial charge < -0.3 is 42.6 Å². The number of aromatic amines is 1. The quantitative estimate of drug-likeness (QED) is 0.129. The molecule has 0 saturated carbocycles. The van der Waals surface area contributed by atoms with Crippen molar-refractivity contribution in [1.29, 1.82) is 0 Å². The standard InChI is InChI=1S/C21H37N7O6/c1-11(2)16(27-18(30)14(23)8-13-9-24-10-25-13)20(32)26-15(6-4-5-7-22)19(31)28-17(12(3)29)21(33)34/h9-12,14-17,29H,4-8,22-23H2,1-3H3,(H,24,25)(H,26,32)(H,27,30)(H,28,31)(H,33,34). The van der Waals surface area contributed by atoms with Gasteiger partial charge in [-0.25, -0.2) is 9.78 Å². The van der Waals surface area contributed by atoms with Crippen molar-refractivity contribution in [1.82, 2.24) is 25.9 Å². The van der Waals surface area contributed by atoms with Crippen LogP contribution in [-0.2, 0) is 25.6 Å². The summed E-state index contributed by atoms with van der Waals surface area (Å²) in [6.07, 6.45) is 3.13. The number of hydrogen-bond acceptors (Lipinski definition) is 8. The molecular formula is C21H37N7O6. The van der Waals surface area contributed by atoms with E-state index in [1.165, 1.54) is 13.3 Å². The number of unbranched alkanes of at least 4 members (excludes halogenated alkanes) is 1. The van der Waals surface area contributed by atoms with Crippen LogP contribution < -0.4 is 27.4 Å². The summed E-state index contributed by atoms with van der Waals surface area (Å²) >= 11 is 0. The molecule has 192 valence electrons. The molecule has 5 atom stereocenters. The fourth-order valence-electron chi connectivity index (χ4n) is 3.19. The Morgan fingerprint density at radius 1 is 1.03 bits per heavy atom. The molecule has 0 aliphatic carbocycles. The van der Waals surface area contributed by atoms with Crippen molar-refractivity contribution >= 4 is 23.7 Å². The smallest absolute Gasteiger partial charge is 0.328 e. The first-order chi connectivity index (χ1) is 16.0. The molecule has 1 heterocycles. The lowest BCUT2D eigenvalue weighted by molar-refractivity contribution is -0.145. The van der Waals surface area contributed by atoms with Crippen LogP contribution in [0.25, 0.3) is 0 Å².